The lowest BCUT2D eigenvalue weighted by Crippen LogP contribution is -2.30. The molecular weight excluding hydrogens is 413 g/mol. The first-order valence-corrected chi connectivity index (χ1v) is 10.0. The van der Waals surface area contributed by atoms with Crippen molar-refractivity contribution in [2.24, 2.45) is 0 Å². The maximum atomic E-state index is 12.5. The van der Waals surface area contributed by atoms with Crippen LogP contribution in [0.5, 0.6) is 0 Å². The standard InChI is InChI=1S/C21H17Cl2N3OS/c1-2-26-20(27)18(24-21(26)28)9-14-12-25(19-6-4-3-5-16(14)19)11-13-7-8-15(22)10-17(13)23/h3-10,12H,2,11H2,1H3,(H,24,28)/b18-9-. The van der Waals surface area contributed by atoms with Crippen molar-refractivity contribution in [1.82, 2.24) is 14.8 Å². The number of hydrogen-bond donors (Lipinski definition) is 1. The van der Waals surface area contributed by atoms with E-state index in [0.29, 0.717) is 33.9 Å². The molecule has 1 fully saturated rings. The van der Waals surface area contributed by atoms with Crippen LogP contribution >= 0.6 is 35.4 Å². The lowest BCUT2D eigenvalue weighted by Gasteiger charge is -2.08. The van der Waals surface area contributed by atoms with Crippen molar-refractivity contribution >= 4 is 63.4 Å². The van der Waals surface area contributed by atoms with Gasteiger partial charge in [-0.25, -0.2) is 0 Å². The first-order chi connectivity index (χ1) is 13.5. The van der Waals surface area contributed by atoms with Crippen molar-refractivity contribution in [1.29, 1.82) is 0 Å². The maximum absolute atomic E-state index is 12.5. The minimum Gasteiger partial charge on any atom is -0.342 e. The van der Waals surface area contributed by atoms with Gasteiger partial charge in [0.1, 0.15) is 5.70 Å². The molecule has 0 aliphatic carbocycles. The van der Waals surface area contributed by atoms with E-state index in [9.17, 15) is 4.79 Å². The Kier molecular flexibility index (Phi) is 5.15. The van der Waals surface area contributed by atoms with E-state index in [-0.39, 0.29) is 5.91 Å². The third-order valence-corrected chi connectivity index (χ3v) is 5.66. The summed E-state index contributed by atoms with van der Waals surface area (Å²) in [5.74, 6) is -0.106. The van der Waals surface area contributed by atoms with Gasteiger partial charge in [-0.15, -0.1) is 0 Å². The molecule has 1 N–H and O–H groups in total. The summed E-state index contributed by atoms with van der Waals surface area (Å²) < 4.78 is 2.12. The number of halogens is 2. The molecule has 28 heavy (non-hydrogen) atoms. The average Bonchev–Trinajstić information content (AvgIpc) is 3.15. The molecule has 3 aromatic rings. The van der Waals surface area contributed by atoms with E-state index in [0.717, 1.165) is 22.0 Å². The predicted octanol–water partition coefficient (Wildman–Crippen LogP) is 5.07. The van der Waals surface area contributed by atoms with Gasteiger partial charge in [-0.05, 0) is 49.0 Å². The minimum absolute atomic E-state index is 0.106. The summed E-state index contributed by atoms with van der Waals surface area (Å²) >= 11 is 17.6. The van der Waals surface area contributed by atoms with E-state index in [4.69, 9.17) is 35.4 Å². The Morgan fingerprint density at radius 3 is 2.68 bits per heavy atom. The molecular formula is C21H17Cl2N3OS. The highest BCUT2D eigenvalue weighted by atomic mass is 35.5. The molecule has 4 nitrogen and oxygen atoms in total. The molecule has 1 amide bonds. The number of nitrogens with zero attached hydrogens (tertiary/aromatic N) is 2. The third kappa shape index (κ3) is 3.41. The van der Waals surface area contributed by atoms with E-state index in [1.165, 1.54) is 0 Å². The predicted molar refractivity (Wildman–Crippen MR) is 119 cm³/mol. The largest absolute Gasteiger partial charge is 0.342 e. The number of rotatable bonds is 4. The summed E-state index contributed by atoms with van der Waals surface area (Å²) in [6.07, 6.45) is 3.88. The number of fused-ring (bicyclic) bond motifs is 1. The molecule has 0 radical (unpaired) electrons. The molecule has 4 rings (SSSR count). The van der Waals surface area contributed by atoms with E-state index in [1.807, 2.05) is 55.6 Å². The zero-order chi connectivity index (χ0) is 19.8. The lowest BCUT2D eigenvalue weighted by atomic mass is 10.1. The maximum Gasteiger partial charge on any atom is 0.276 e. The lowest BCUT2D eigenvalue weighted by molar-refractivity contribution is -0.122. The third-order valence-electron chi connectivity index (χ3n) is 4.75. The van der Waals surface area contributed by atoms with Crippen LogP contribution in [0.4, 0.5) is 0 Å². The SMILES string of the molecule is CCN1C(=O)/C(=C/c2cn(Cc3ccc(Cl)cc3Cl)c3ccccc23)NC1=S. The van der Waals surface area contributed by atoms with Crippen molar-refractivity contribution in [3.8, 4) is 0 Å². The second-order valence-corrected chi connectivity index (χ2v) is 7.73. The number of amides is 1. The van der Waals surface area contributed by atoms with Gasteiger partial charge in [0.05, 0.1) is 0 Å². The number of carbonyl (C=O) groups is 1. The van der Waals surface area contributed by atoms with Gasteiger partial charge in [0, 0.05) is 45.8 Å². The topological polar surface area (TPSA) is 37.3 Å². The molecule has 142 valence electrons. The van der Waals surface area contributed by atoms with E-state index < -0.39 is 0 Å². The van der Waals surface area contributed by atoms with Gasteiger partial charge < -0.3 is 9.88 Å². The van der Waals surface area contributed by atoms with Gasteiger partial charge in [0.2, 0.25) is 0 Å². The van der Waals surface area contributed by atoms with Crippen molar-refractivity contribution < 1.29 is 4.79 Å². The van der Waals surface area contributed by atoms with Crippen LogP contribution in [0.1, 0.15) is 18.1 Å². The van der Waals surface area contributed by atoms with Gasteiger partial charge in [-0.2, -0.15) is 0 Å². The number of benzene rings is 2. The summed E-state index contributed by atoms with van der Waals surface area (Å²) in [5.41, 5.74) is 3.46. The Morgan fingerprint density at radius 1 is 1.18 bits per heavy atom. The highest BCUT2D eigenvalue weighted by molar-refractivity contribution is 7.80. The highest BCUT2D eigenvalue weighted by Gasteiger charge is 2.29. The summed E-state index contributed by atoms with van der Waals surface area (Å²) in [7, 11) is 0. The number of thiocarbonyl (C=S) groups is 1. The zero-order valence-electron chi connectivity index (χ0n) is 15.1. The van der Waals surface area contributed by atoms with Crippen LogP contribution in [0.15, 0.2) is 54.4 Å². The van der Waals surface area contributed by atoms with Gasteiger partial charge in [0.25, 0.3) is 5.91 Å². The Balaban J connectivity index is 1.76. The number of likely N-dealkylation sites (N-methyl/N-ethyl adjacent to an activating group) is 1. The van der Waals surface area contributed by atoms with Gasteiger partial charge in [-0.1, -0.05) is 47.5 Å². The van der Waals surface area contributed by atoms with Crippen LogP contribution in [0.2, 0.25) is 10.0 Å². The fraction of sp³-hybridized carbons (Fsp3) is 0.143. The first-order valence-electron chi connectivity index (χ1n) is 8.84. The number of carbonyl (C=O) groups excluding carboxylic acids is 1. The molecule has 1 aliphatic heterocycles. The molecule has 7 heteroatoms. The summed E-state index contributed by atoms with van der Waals surface area (Å²) in [6, 6.07) is 13.6. The fourth-order valence-corrected chi connectivity index (χ4v) is 4.16. The molecule has 0 bridgehead atoms. The Bertz CT molecular complexity index is 1140. The minimum atomic E-state index is -0.106. The molecule has 1 aromatic heterocycles. The molecule has 0 saturated carbocycles. The number of para-hydroxylation sites is 1. The normalized spacial score (nSPS) is 15.7. The summed E-state index contributed by atoms with van der Waals surface area (Å²) in [6.45, 7) is 3.04. The van der Waals surface area contributed by atoms with Crippen LogP contribution in [0.25, 0.3) is 17.0 Å². The van der Waals surface area contributed by atoms with Crippen molar-refractivity contribution in [3.63, 3.8) is 0 Å². The molecule has 1 aliphatic rings. The molecule has 2 aromatic carbocycles. The smallest absolute Gasteiger partial charge is 0.276 e. The van der Waals surface area contributed by atoms with Gasteiger partial charge in [-0.3, -0.25) is 9.69 Å². The Hall–Kier alpha value is -2.34. The molecule has 0 unspecified atom stereocenters. The van der Waals surface area contributed by atoms with Crippen molar-refractivity contribution in [3.05, 3.63) is 75.5 Å². The van der Waals surface area contributed by atoms with Crippen molar-refractivity contribution in [2.75, 3.05) is 6.54 Å². The Morgan fingerprint density at radius 2 is 1.96 bits per heavy atom. The van der Waals surface area contributed by atoms with Crippen LogP contribution < -0.4 is 5.32 Å². The molecule has 1 saturated heterocycles. The van der Waals surface area contributed by atoms with Crippen LogP contribution in [-0.4, -0.2) is 27.0 Å². The highest BCUT2D eigenvalue weighted by Crippen LogP contribution is 2.28. The van der Waals surface area contributed by atoms with Gasteiger partial charge >= 0.3 is 0 Å². The Labute approximate surface area is 178 Å². The second kappa shape index (κ2) is 7.59. The zero-order valence-corrected chi connectivity index (χ0v) is 17.4. The summed E-state index contributed by atoms with van der Waals surface area (Å²) in [4.78, 5) is 14.1. The molecule has 2 heterocycles. The monoisotopic (exact) mass is 429 g/mol. The molecule has 0 atom stereocenters. The number of nitrogens with one attached hydrogen (secondary N) is 1. The summed E-state index contributed by atoms with van der Waals surface area (Å²) in [5, 5.41) is 5.74. The quantitative estimate of drug-likeness (QED) is 0.464. The second-order valence-electron chi connectivity index (χ2n) is 6.50. The fourth-order valence-electron chi connectivity index (χ4n) is 3.37. The van der Waals surface area contributed by atoms with E-state index >= 15 is 0 Å². The van der Waals surface area contributed by atoms with Gasteiger partial charge in [0.15, 0.2) is 5.11 Å². The van der Waals surface area contributed by atoms with Crippen LogP contribution in [0.3, 0.4) is 0 Å². The van der Waals surface area contributed by atoms with Crippen LogP contribution in [0, 0.1) is 0 Å². The first kappa shape index (κ1) is 19.0. The number of hydrogen-bond acceptors (Lipinski definition) is 2. The van der Waals surface area contributed by atoms with E-state index in [1.54, 1.807) is 11.0 Å². The van der Waals surface area contributed by atoms with E-state index in [2.05, 4.69) is 9.88 Å². The average molecular weight is 430 g/mol. The van der Waals surface area contributed by atoms with Crippen molar-refractivity contribution in [2.45, 2.75) is 13.5 Å². The van der Waals surface area contributed by atoms with Crippen LogP contribution in [-0.2, 0) is 11.3 Å². The number of aromatic nitrogens is 1. The molecule has 0 spiro atoms.